The lowest BCUT2D eigenvalue weighted by molar-refractivity contribution is 0.0687. The second kappa shape index (κ2) is 3.76. The molecule has 3 rings (SSSR count). The van der Waals surface area contributed by atoms with Gasteiger partial charge >= 0.3 is 5.97 Å². The number of carbonyl (C=O) groups is 1. The highest BCUT2D eigenvalue weighted by atomic mass is 16.7. The average Bonchev–Trinajstić information content (AvgIpc) is 2.93. The first-order valence-electron chi connectivity index (χ1n) is 5.31. The minimum atomic E-state index is -1.01. The number of benzene rings is 1. The van der Waals surface area contributed by atoms with Gasteiger partial charge in [0.1, 0.15) is 5.69 Å². The predicted octanol–water partition coefficient (Wildman–Crippen LogP) is 1.51. The van der Waals surface area contributed by atoms with Crippen LogP contribution in [-0.4, -0.2) is 27.4 Å². The summed E-state index contributed by atoms with van der Waals surface area (Å²) in [5.41, 5.74) is 1.26. The van der Waals surface area contributed by atoms with Crippen molar-refractivity contribution < 1.29 is 19.4 Å². The summed E-state index contributed by atoms with van der Waals surface area (Å²) in [4.78, 5) is 15.3. The topological polar surface area (TPSA) is 73.6 Å². The molecule has 1 aromatic carbocycles. The molecule has 18 heavy (non-hydrogen) atoms. The smallest absolute Gasteiger partial charge is 0.354 e. The van der Waals surface area contributed by atoms with Gasteiger partial charge in [-0.05, 0) is 18.2 Å². The Morgan fingerprint density at radius 2 is 2.17 bits per heavy atom. The van der Waals surface area contributed by atoms with E-state index in [1.807, 2.05) is 0 Å². The van der Waals surface area contributed by atoms with Gasteiger partial charge in [0.15, 0.2) is 17.2 Å². The number of aromatic carboxylic acids is 1. The maximum atomic E-state index is 11.2. The van der Waals surface area contributed by atoms with E-state index in [-0.39, 0.29) is 12.5 Å². The minimum absolute atomic E-state index is 0.147. The van der Waals surface area contributed by atoms with Crippen molar-refractivity contribution in [3.8, 4) is 22.8 Å². The maximum absolute atomic E-state index is 11.2. The fraction of sp³-hybridized carbons (Fsp3) is 0.167. The fourth-order valence-corrected chi connectivity index (χ4v) is 1.94. The van der Waals surface area contributed by atoms with Crippen molar-refractivity contribution >= 4 is 5.97 Å². The molecule has 2 heterocycles. The molecule has 0 saturated carbocycles. The van der Waals surface area contributed by atoms with Crippen LogP contribution in [0.1, 0.15) is 10.5 Å². The highest BCUT2D eigenvalue weighted by molar-refractivity contribution is 5.93. The number of ether oxygens (including phenoxy) is 2. The fourth-order valence-electron chi connectivity index (χ4n) is 1.94. The molecule has 0 atom stereocenters. The Morgan fingerprint density at radius 3 is 2.94 bits per heavy atom. The molecular formula is C12H10N2O4. The number of aromatic nitrogens is 2. The van der Waals surface area contributed by atoms with E-state index in [1.54, 1.807) is 25.2 Å². The molecule has 1 aliphatic rings. The summed E-state index contributed by atoms with van der Waals surface area (Å²) in [5, 5.41) is 9.17. The summed E-state index contributed by atoms with van der Waals surface area (Å²) < 4.78 is 11.9. The molecule has 1 aromatic heterocycles. The molecule has 92 valence electrons. The van der Waals surface area contributed by atoms with Crippen LogP contribution in [0.3, 0.4) is 0 Å². The number of carboxylic acids is 1. The standard InChI is InChI=1S/C12H10N2O4/c1-14-5-13-10(11(14)12(15)16)7-2-3-8-9(4-7)18-6-17-8/h2-5H,6H2,1H3,(H,15,16). The molecule has 0 fully saturated rings. The third-order valence-electron chi connectivity index (χ3n) is 2.79. The third kappa shape index (κ3) is 1.50. The monoisotopic (exact) mass is 246 g/mol. The van der Waals surface area contributed by atoms with Crippen LogP contribution in [-0.2, 0) is 7.05 Å². The number of hydrogen-bond donors (Lipinski definition) is 1. The molecule has 2 aromatic rings. The van der Waals surface area contributed by atoms with Crippen molar-refractivity contribution in [3.63, 3.8) is 0 Å². The lowest BCUT2D eigenvalue weighted by Gasteiger charge is -2.02. The zero-order valence-corrected chi connectivity index (χ0v) is 9.58. The van der Waals surface area contributed by atoms with Gasteiger partial charge in [0, 0.05) is 12.6 Å². The number of hydrogen-bond acceptors (Lipinski definition) is 4. The molecule has 0 bridgehead atoms. The minimum Gasteiger partial charge on any atom is -0.477 e. The number of nitrogens with zero attached hydrogens (tertiary/aromatic N) is 2. The first-order chi connectivity index (χ1) is 8.66. The Morgan fingerprint density at radius 1 is 1.39 bits per heavy atom. The maximum Gasteiger partial charge on any atom is 0.354 e. The lowest BCUT2D eigenvalue weighted by Crippen LogP contribution is -2.05. The number of rotatable bonds is 2. The summed E-state index contributed by atoms with van der Waals surface area (Å²) in [6.07, 6.45) is 1.48. The zero-order chi connectivity index (χ0) is 12.7. The first kappa shape index (κ1) is 10.6. The molecule has 0 spiro atoms. The average molecular weight is 246 g/mol. The van der Waals surface area contributed by atoms with Gasteiger partial charge in [-0.25, -0.2) is 9.78 Å². The van der Waals surface area contributed by atoms with Crippen molar-refractivity contribution in [3.05, 3.63) is 30.2 Å². The van der Waals surface area contributed by atoms with Crippen LogP contribution in [0.2, 0.25) is 0 Å². The lowest BCUT2D eigenvalue weighted by atomic mass is 10.1. The molecule has 6 nitrogen and oxygen atoms in total. The van der Waals surface area contributed by atoms with E-state index in [0.717, 1.165) is 0 Å². The summed E-state index contributed by atoms with van der Waals surface area (Å²) in [6.45, 7) is 0.187. The van der Waals surface area contributed by atoms with E-state index in [2.05, 4.69) is 4.98 Å². The summed E-state index contributed by atoms with van der Waals surface area (Å²) in [7, 11) is 1.65. The van der Waals surface area contributed by atoms with E-state index in [0.29, 0.717) is 22.8 Å². The van der Waals surface area contributed by atoms with Crippen LogP contribution in [0.15, 0.2) is 24.5 Å². The van der Waals surface area contributed by atoms with Gasteiger partial charge < -0.3 is 19.1 Å². The zero-order valence-electron chi connectivity index (χ0n) is 9.58. The van der Waals surface area contributed by atoms with Gasteiger partial charge in [-0.3, -0.25) is 0 Å². The van der Waals surface area contributed by atoms with Gasteiger partial charge in [-0.15, -0.1) is 0 Å². The molecule has 0 radical (unpaired) electrons. The van der Waals surface area contributed by atoms with Crippen LogP contribution < -0.4 is 9.47 Å². The second-order valence-electron chi connectivity index (χ2n) is 3.93. The molecule has 0 unspecified atom stereocenters. The second-order valence-corrected chi connectivity index (χ2v) is 3.93. The Hall–Kier alpha value is -2.50. The van der Waals surface area contributed by atoms with Gasteiger partial charge in [0.25, 0.3) is 0 Å². The van der Waals surface area contributed by atoms with E-state index < -0.39 is 5.97 Å². The quantitative estimate of drug-likeness (QED) is 0.869. The molecule has 0 aliphatic carbocycles. The largest absolute Gasteiger partial charge is 0.477 e. The van der Waals surface area contributed by atoms with Crippen molar-refractivity contribution in [1.29, 1.82) is 0 Å². The summed E-state index contributed by atoms with van der Waals surface area (Å²) >= 11 is 0. The molecule has 0 saturated heterocycles. The molecule has 0 amide bonds. The van der Waals surface area contributed by atoms with Crippen LogP contribution in [0.4, 0.5) is 0 Å². The van der Waals surface area contributed by atoms with E-state index in [9.17, 15) is 9.90 Å². The van der Waals surface area contributed by atoms with E-state index in [4.69, 9.17) is 9.47 Å². The van der Waals surface area contributed by atoms with Crippen molar-refractivity contribution in [2.24, 2.45) is 7.05 Å². The number of aryl methyl sites for hydroxylation is 1. The molecular weight excluding hydrogens is 236 g/mol. The highest BCUT2D eigenvalue weighted by Crippen LogP contribution is 2.36. The molecule has 1 N–H and O–H groups in total. The van der Waals surface area contributed by atoms with Crippen molar-refractivity contribution in [1.82, 2.24) is 9.55 Å². The summed E-state index contributed by atoms with van der Waals surface area (Å²) in [6, 6.07) is 5.25. The van der Waals surface area contributed by atoms with Crippen LogP contribution in [0.25, 0.3) is 11.3 Å². The number of imidazole rings is 1. The van der Waals surface area contributed by atoms with Crippen molar-refractivity contribution in [2.75, 3.05) is 6.79 Å². The Balaban J connectivity index is 2.13. The van der Waals surface area contributed by atoms with Crippen molar-refractivity contribution in [2.45, 2.75) is 0 Å². The molecule has 1 aliphatic heterocycles. The normalized spacial score (nSPS) is 12.7. The Kier molecular flexibility index (Phi) is 2.22. The van der Waals surface area contributed by atoms with E-state index >= 15 is 0 Å². The Bertz CT molecular complexity index is 633. The van der Waals surface area contributed by atoms with Gasteiger partial charge in [0.2, 0.25) is 6.79 Å². The summed E-state index contributed by atoms with van der Waals surface area (Å²) in [5.74, 6) is 0.253. The SMILES string of the molecule is Cn1cnc(-c2ccc3c(c2)OCO3)c1C(=O)O. The number of carboxylic acid groups (broad SMARTS) is 1. The van der Waals surface area contributed by atoms with Crippen LogP contribution >= 0.6 is 0 Å². The van der Waals surface area contributed by atoms with Crippen LogP contribution in [0, 0.1) is 0 Å². The first-order valence-corrected chi connectivity index (χ1v) is 5.31. The van der Waals surface area contributed by atoms with Crippen LogP contribution in [0.5, 0.6) is 11.5 Å². The predicted molar refractivity (Wildman–Crippen MR) is 61.7 cm³/mol. The highest BCUT2D eigenvalue weighted by Gasteiger charge is 2.20. The van der Waals surface area contributed by atoms with Gasteiger partial charge in [0.05, 0.1) is 6.33 Å². The van der Waals surface area contributed by atoms with E-state index in [1.165, 1.54) is 10.9 Å². The Labute approximate surface area is 102 Å². The third-order valence-corrected chi connectivity index (χ3v) is 2.79. The van der Waals surface area contributed by atoms with Gasteiger partial charge in [-0.1, -0.05) is 0 Å². The molecule has 6 heteroatoms. The number of fused-ring (bicyclic) bond motifs is 1. The van der Waals surface area contributed by atoms with Gasteiger partial charge in [-0.2, -0.15) is 0 Å².